The Morgan fingerprint density at radius 2 is 2.53 bits per heavy atom. The van der Waals surface area contributed by atoms with Crippen LogP contribution in [0.15, 0.2) is 0 Å². The zero-order chi connectivity index (χ0) is 13.8. The number of hydrogen-bond donors (Lipinski definition) is 2. The molecule has 1 unspecified atom stereocenters. The summed E-state index contributed by atoms with van der Waals surface area (Å²) in [6, 6.07) is 0. The molecule has 1 aliphatic rings. The second-order valence-corrected chi connectivity index (χ2v) is 4.06. The topological polar surface area (TPSA) is 119 Å². The number of rotatable bonds is 5. The number of methoxy groups -OCH3 is 1. The van der Waals surface area contributed by atoms with E-state index in [4.69, 9.17) is 9.47 Å². The van der Waals surface area contributed by atoms with Crippen LogP contribution < -0.4 is 10.1 Å². The van der Waals surface area contributed by atoms with E-state index in [0.717, 1.165) is 12.8 Å². The molecule has 0 aliphatic carbocycles. The third-order valence-electron chi connectivity index (χ3n) is 2.83. The fourth-order valence-electron chi connectivity index (χ4n) is 1.89. The molecule has 1 aromatic heterocycles. The van der Waals surface area contributed by atoms with E-state index in [-0.39, 0.29) is 17.7 Å². The standard InChI is InChI=1S/C10H14N4O5/c1-18-10-8(14(16)17)7(12-13-10)9(15)11-5-6-3-2-4-19-6/h6H,2-5H2,1H3,(H,11,15)(H,12,13). The average Bonchev–Trinajstić information content (AvgIpc) is 3.04. The quantitative estimate of drug-likeness (QED) is 0.584. The summed E-state index contributed by atoms with van der Waals surface area (Å²) in [5.41, 5.74) is -0.688. The van der Waals surface area contributed by atoms with Crippen molar-refractivity contribution >= 4 is 11.6 Å². The first-order valence-electron chi connectivity index (χ1n) is 5.80. The number of aromatic amines is 1. The Kier molecular flexibility index (Phi) is 3.95. The SMILES string of the molecule is COc1n[nH]c(C(=O)NCC2CCCO2)c1[N+](=O)[O-]. The lowest BCUT2D eigenvalue weighted by atomic mass is 10.2. The number of carbonyl (C=O) groups excluding carboxylic acids is 1. The predicted octanol–water partition coefficient (Wildman–Crippen LogP) is 0.235. The molecule has 1 fully saturated rings. The molecule has 0 bridgehead atoms. The fourth-order valence-corrected chi connectivity index (χ4v) is 1.89. The maximum Gasteiger partial charge on any atom is 0.362 e. The maximum absolute atomic E-state index is 11.9. The van der Waals surface area contributed by atoms with E-state index in [1.54, 1.807) is 0 Å². The number of carbonyl (C=O) groups is 1. The lowest BCUT2D eigenvalue weighted by Crippen LogP contribution is -2.32. The predicted molar refractivity (Wildman–Crippen MR) is 63.1 cm³/mol. The average molecular weight is 270 g/mol. The molecule has 1 amide bonds. The highest BCUT2D eigenvalue weighted by Crippen LogP contribution is 2.27. The van der Waals surface area contributed by atoms with Gasteiger partial charge in [0.25, 0.3) is 5.91 Å². The van der Waals surface area contributed by atoms with Crippen molar-refractivity contribution < 1.29 is 19.2 Å². The van der Waals surface area contributed by atoms with E-state index in [0.29, 0.717) is 13.2 Å². The number of amides is 1. The number of ether oxygens (including phenoxy) is 2. The molecule has 9 nitrogen and oxygen atoms in total. The zero-order valence-corrected chi connectivity index (χ0v) is 10.3. The van der Waals surface area contributed by atoms with Gasteiger partial charge in [-0.15, -0.1) is 5.10 Å². The molecule has 1 aromatic rings. The van der Waals surface area contributed by atoms with Crippen molar-refractivity contribution in [1.82, 2.24) is 15.5 Å². The summed E-state index contributed by atoms with van der Waals surface area (Å²) in [6.07, 6.45) is 1.79. The Bertz CT molecular complexity index is 480. The van der Waals surface area contributed by atoms with Gasteiger partial charge < -0.3 is 14.8 Å². The Labute approximate surface area is 108 Å². The van der Waals surface area contributed by atoms with Gasteiger partial charge in [0, 0.05) is 13.2 Å². The highest BCUT2D eigenvalue weighted by molar-refractivity contribution is 5.97. The number of nitrogens with zero attached hydrogens (tertiary/aromatic N) is 2. The van der Waals surface area contributed by atoms with Crippen molar-refractivity contribution in [2.24, 2.45) is 0 Å². The maximum atomic E-state index is 11.9. The Balaban J connectivity index is 2.05. The van der Waals surface area contributed by atoms with Crippen LogP contribution in [0.5, 0.6) is 5.88 Å². The number of aromatic nitrogens is 2. The van der Waals surface area contributed by atoms with Crippen molar-refractivity contribution in [3.05, 3.63) is 15.8 Å². The minimum Gasteiger partial charge on any atom is -0.475 e. The fraction of sp³-hybridized carbons (Fsp3) is 0.600. The second kappa shape index (κ2) is 5.65. The molecule has 1 aliphatic heterocycles. The van der Waals surface area contributed by atoms with Gasteiger partial charge in [-0.2, -0.15) is 0 Å². The lowest BCUT2D eigenvalue weighted by molar-refractivity contribution is -0.386. The first-order chi connectivity index (χ1) is 9.13. The number of H-pyrrole nitrogens is 1. The van der Waals surface area contributed by atoms with Crippen LogP contribution in [0.25, 0.3) is 0 Å². The van der Waals surface area contributed by atoms with E-state index < -0.39 is 16.5 Å². The zero-order valence-electron chi connectivity index (χ0n) is 10.3. The number of nitrogens with one attached hydrogen (secondary N) is 2. The third-order valence-corrected chi connectivity index (χ3v) is 2.83. The molecule has 1 saturated heterocycles. The molecule has 0 spiro atoms. The van der Waals surface area contributed by atoms with E-state index in [9.17, 15) is 14.9 Å². The molecule has 104 valence electrons. The van der Waals surface area contributed by atoms with Crippen LogP contribution in [0.4, 0.5) is 5.69 Å². The Hall–Kier alpha value is -2.16. The van der Waals surface area contributed by atoms with Gasteiger partial charge in [-0.25, -0.2) is 0 Å². The molecule has 9 heteroatoms. The molecule has 0 saturated carbocycles. The van der Waals surface area contributed by atoms with Crippen LogP contribution in [0.1, 0.15) is 23.3 Å². The molecule has 0 aromatic carbocycles. The summed E-state index contributed by atoms with van der Waals surface area (Å²) in [6.45, 7) is 0.996. The molecule has 2 heterocycles. The largest absolute Gasteiger partial charge is 0.475 e. The normalized spacial score (nSPS) is 18.3. The van der Waals surface area contributed by atoms with E-state index in [1.807, 2.05) is 0 Å². The first kappa shape index (κ1) is 13.3. The summed E-state index contributed by atoms with van der Waals surface area (Å²) < 4.78 is 10.1. The summed E-state index contributed by atoms with van der Waals surface area (Å²) in [5.74, 6) is -0.815. The molecular formula is C10H14N4O5. The van der Waals surface area contributed by atoms with Crippen LogP contribution in [-0.4, -0.2) is 47.4 Å². The van der Waals surface area contributed by atoms with Gasteiger partial charge in [0.05, 0.1) is 18.1 Å². The molecular weight excluding hydrogens is 256 g/mol. The van der Waals surface area contributed by atoms with Gasteiger partial charge in [0.1, 0.15) is 0 Å². The van der Waals surface area contributed by atoms with Gasteiger partial charge in [0.15, 0.2) is 0 Å². The molecule has 0 radical (unpaired) electrons. The van der Waals surface area contributed by atoms with Crippen LogP contribution in [0.2, 0.25) is 0 Å². The monoisotopic (exact) mass is 270 g/mol. The Morgan fingerprint density at radius 1 is 1.74 bits per heavy atom. The summed E-state index contributed by atoms with van der Waals surface area (Å²) in [5, 5.41) is 19.4. The van der Waals surface area contributed by atoms with E-state index in [2.05, 4.69) is 15.5 Å². The van der Waals surface area contributed by atoms with Crippen molar-refractivity contribution in [3.8, 4) is 5.88 Å². The molecule has 19 heavy (non-hydrogen) atoms. The van der Waals surface area contributed by atoms with Crippen molar-refractivity contribution in [2.45, 2.75) is 18.9 Å². The molecule has 2 N–H and O–H groups in total. The summed E-state index contributed by atoms with van der Waals surface area (Å²) >= 11 is 0. The summed E-state index contributed by atoms with van der Waals surface area (Å²) in [4.78, 5) is 22.0. The van der Waals surface area contributed by atoms with E-state index >= 15 is 0 Å². The highest BCUT2D eigenvalue weighted by Gasteiger charge is 2.30. The Morgan fingerprint density at radius 3 is 3.11 bits per heavy atom. The van der Waals surface area contributed by atoms with Crippen molar-refractivity contribution in [3.63, 3.8) is 0 Å². The third kappa shape index (κ3) is 2.81. The van der Waals surface area contributed by atoms with Gasteiger partial charge in [-0.1, -0.05) is 0 Å². The van der Waals surface area contributed by atoms with E-state index in [1.165, 1.54) is 7.11 Å². The van der Waals surface area contributed by atoms with Gasteiger partial charge in [-0.3, -0.25) is 20.0 Å². The van der Waals surface area contributed by atoms with Crippen molar-refractivity contribution in [1.29, 1.82) is 0 Å². The second-order valence-electron chi connectivity index (χ2n) is 4.06. The minimum absolute atomic E-state index is 0.0344. The smallest absolute Gasteiger partial charge is 0.362 e. The van der Waals surface area contributed by atoms with Crippen LogP contribution in [0, 0.1) is 10.1 Å². The minimum atomic E-state index is -0.705. The van der Waals surface area contributed by atoms with Gasteiger partial charge in [-0.05, 0) is 12.8 Å². The van der Waals surface area contributed by atoms with Gasteiger partial charge in [0.2, 0.25) is 5.69 Å². The number of hydrogen-bond acceptors (Lipinski definition) is 6. The van der Waals surface area contributed by atoms with Crippen LogP contribution >= 0.6 is 0 Å². The van der Waals surface area contributed by atoms with Crippen LogP contribution in [-0.2, 0) is 4.74 Å². The molecule has 2 rings (SSSR count). The van der Waals surface area contributed by atoms with Crippen LogP contribution in [0.3, 0.4) is 0 Å². The molecule has 1 atom stereocenters. The number of nitro groups is 1. The van der Waals surface area contributed by atoms with Crippen molar-refractivity contribution in [2.75, 3.05) is 20.3 Å². The lowest BCUT2D eigenvalue weighted by Gasteiger charge is -2.09. The first-order valence-corrected chi connectivity index (χ1v) is 5.80. The van der Waals surface area contributed by atoms with Gasteiger partial charge >= 0.3 is 11.6 Å². The summed E-state index contributed by atoms with van der Waals surface area (Å²) in [7, 11) is 1.25. The highest BCUT2D eigenvalue weighted by atomic mass is 16.6.